The van der Waals surface area contributed by atoms with Crippen LogP contribution in [0.1, 0.15) is 6.92 Å². The Labute approximate surface area is 186 Å². The van der Waals surface area contributed by atoms with Gasteiger partial charge in [0.05, 0.1) is 29.1 Å². The zero-order chi connectivity index (χ0) is 23.3. The number of benzene rings is 2. The molecule has 3 aromatic rings. The lowest BCUT2D eigenvalue weighted by Crippen LogP contribution is -2.20. The first kappa shape index (κ1) is 23.4. The molecule has 3 rings (SSSR count). The number of rotatable bonds is 8. The van der Waals surface area contributed by atoms with E-state index in [1.54, 1.807) is 6.92 Å². The summed E-state index contributed by atoms with van der Waals surface area (Å²) in [5.74, 6) is -2.11. The Kier molecular flexibility index (Phi) is 7.26. The van der Waals surface area contributed by atoms with Crippen molar-refractivity contribution in [2.45, 2.75) is 21.9 Å². The maximum atomic E-state index is 13.6. The molecule has 0 radical (unpaired) electrons. The van der Waals surface area contributed by atoms with Crippen molar-refractivity contribution in [1.82, 2.24) is 9.97 Å². The van der Waals surface area contributed by atoms with Crippen molar-refractivity contribution in [3.05, 3.63) is 70.6 Å². The third kappa shape index (κ3) is 5.51. The van der Waals surface area contributed by atoms with Gasteiger partial charge in [-0.1, -0.05) is 11.8 Å². The molecule has 32 heavy (non-hydrogen) atoms. The molecule has 0 saturated carbocycles. The molecule has 0 aliphatic rings. The van der Waals surface area contributed by atoms with Crippen molar-refractivity contribution in [2.75, 3.05) is 17.7 Å². The Hall–Kier alpha value is -3.25. The van der Waals surface area contributed by atoms with Crippen LogP contribution in [0.15, 0.2) is 68.4 Å². The lowest BCUT2D eigenvalue weighted by Gasteiger charge is -2.07. The average Bonchev–Trinajstić information content (AvgIpc) is 2.75. The summed E-state index contributed by atoms with van der Waals surface area (Å²) in [6.07, 6.45) is 0.907. The number of halogens is 2. The first-order valence-electron chi connectivity index (χ1n) is 9.15. The Balaban J connectivity index is 1.69. The Morgan fingerprint density at radius 3 is 2.53 bits per heavy atom. The van der Waals surface area contributed by atoms with Gasteiger partial charge in [0.25, 0.3) is 5.56 Å². The molecular weight excluding hydrogens is 464 g/mol. The second-order valence-electron chi connectivity index (χ2n) is 6.25. The first-order valence-corrected chi connectivity index (χ1v) is 11.6. The van der Waals surface area contributed by atoms with E-state index in [1.807, 2.05) is 0 Å². The van der Waals surface area contributed by atoms with Crippen molar-refractivity contribution in [2.24, 2.45) is 0 Å². The van der Waals surface area contributed by atoms with Gasteiger partial charge in [0.2, 0.25) is 15.7 Å². The molecule has 0 saturated heterocycles. The zero-order valence-electron chi connectivity index (χ0n) is 16.6. The van der Waals surface area contributed by atoms with Gasteiger partial charge < -0.3 is 15.0 Å². The lowest BCUT2D eigenvalue weighted by molar-refractivity contribution is -0.113. The fourth-order valence-corrected chi connectivity index (χ4v) is 4.42. The molecule has 12 heteroatoms. The van der Waals surface area contributed by atoms with Crippen LogP contribution >= 0.6 is 11.8 Å². The number of aromatic nitrogens is 2. The monoisotopic (exact) mass is 481 g/mol. The van der Waals surface area contributed by atoms with Gasteiger partial charge in [-0.3, -0.25) is 9.59 Å². The van der Waals surface area contributed by atoms with Crippen molar-refractivity contribution in [1.29, 1.82) is 0 Å². The molecule has 2 N–H and O–H groups in total. The van der Waals surface area contributed by atoms with Crippen LogP contribution in [-0.4, -0.2) is 36.7 Å². The zero-order valence-corrected chi connectivity index (χ0v) is 18.2. The highest BCUT2D eigenvalue weighted by Gasteiger charge is 2.22. The van der Waals surface area contributed by atoms with Gasteiger partial charge in [-0.25, -0.2) is 22.2 Å². The summed E-state index contributed by atoms with van der Waals surface area (Å²) in [5, 5.41) is 2.26. The highest BCUT2D eigenvalue weighted by atomic mass is 32.2. The molecule has 0 fully saturated rings. The smallest absolute Gasteiger partial charge is 0.270 e. The quantitative estimate of drug-likeness (QED) is 0.375. The molecule has 0 unspecified atom stereocenters. The fourth-order valence-electron chi connectivity index (χ4n) is 2.55. The van der Waals surface area contributed by atoms with Crippen LogP contribution in [0.3, 0.4) is 0 Å². The van der Waals surface area contributed by atoms with Gasteiger partial charge in [0, 0.05) is 6.07 Å². The molecule has 1 aromatic heterocycles. The standard InChI is InChI=1S/C20H17F2N3O5S2/c1-2-30-13-4-6-14(7-5-13)32(28,29)17-10-23-20(25-19(17)27)31-11-18(26)24-16-8-3-12(21)9-15(16)22/h3-10H,2,11H2,1H3,(H,24,26)(H,23,25,27). The molecule has 0 aliphatic heterocycles. The minimum Gasteiger partial charge on any atom is -0.494 e. The number of carbonyl (C=O) groups excluding carboxylic acids is 1. The van der Waals surface area contributed by atoms with Crippen LogP contribution in [0.4, 0.5) is 14.5 Å². The molecular formula is C20H17F2N3O5S2. The number of ether oxygens (including phenoxy) is 1. The Morgan fingerprint density at radius 2 is 1.91 bits per heavy atom. The SMILES string of the molecule is CCOc1ccc(S(=O)(=O)c2cnc(SCC(=O)Nc3ccc(F)cc3F)[nH]c2=O)cc1. The predicted molar refractivity (Wildman–Crippen MR) is 114 cm³/mol. The topological polar surface area (TPSA) is 118 Å². The van der Waals surface area contributed by atoms with Crippen LogP contribution in [0, 0.1) is 11.6 Å². The lowest BCUT2D eigenvalue weighted by atomic mass is 10.3. The Bertz CT molecular complexity index is 1300. The number of H-pyrrole nitrogens is 1. The molecule has 1 amide bonds. The number of hydrogen-bond donors (Lipinski definition) is 2. The highest BCUT2D eigenvalue weighted by Crippen LogP contribution is 2.22. The first-order chi connectivity index (χ1) is 15.2. The fraction of sp³-hybridized carbons (Fsp3) is 0.150. The summed E-state index contributed by atoms with van der Waals surface area (Å²) in [5.41, 5.74) is -1.10. The summed E-state index contributed by atoms with van der Waals surface area (Å²) in [6.45, 7) is 2.21. The van der Waals surface area contributed by atoms with E-state index in [2.05, 4.69) is 15.3 Å². The van der Waals surface area contributed by atoms with Gasteiger partial charge >= 0.3 is 0 Å². The summed E-state index contributed by atoms with van der Waals surface area (Å²) in [4.78, 5) is 29.9. The van der Waals surface area contributed by atoms with Gasteiger partial charge in [0.1, 0.15) is 17.4 Å². The maximum Gasteiger partial charge on any atom is 0.270 e. The second kappa shape index (κ2) is 9.92. The van der Waals surface area contributed by atoms with Crippen LogP contribution in [0.2, 0.25) is 0 Å². The van der Waals surface area contributed by atoms with E-state index >= 15 is 0 Å². The number of sulfone groups is 1. The molecule has 0 spiro atoms. The minimum absolute atomic E-state index is 0.00429. The molecule has 168 valence electrons. The number of hydrogen-bond acceptors (Lipinski definition) is 7. The Morgan fingerprint density at radius 1 is 1.19 bits per heavy atom. The second-order valence-corrected chi connectivity index (χ2v) is 9.13. The maximum absolute atomic E-state index is 13.6. The number of thioether (sulfide) groups is 1. The van der Waals surface area contributed by atoms with Gasteiger partial charge in [-0.05, 0) is 43.3 Å². The average molecular weight is 482 g/mol. The number of anilines is 1. The molecule has 8 nitrogen and oxygen atoms in total. The van der Waals surface area contributed by atoms with Crippen molar-refractivity contribution >= 4 is 33.2 Å². The number of amides is 1. The summed E-state index contributed by atoms with van der Waals surface area (Å²) >= 11 is 0.807. The van der Waals surface area contributed by atoms with Crippen molar-refractivity contribution < 1.29 is 26.7 Å². The van der Waals surface area contributed by atoms with E-state index in [-0.39, 0.29) is 21.5 Å². The number of nitrogens with zero attached hydrogens (tertiary/aromatic N) is 1. The summed E-state index contributed by atoms with van der Waals surface area (Å²) in [6, 6.07) is 8.30. The summed E-state index contributed by atoms with van der Waals surface area (Å²) < 4.78 is 57.2. The van der Waals surface area contributed by atoms with E-state index in [0.29, 0.717) is 18.4 Å². The van der Waals surface area contributed by atoms with Crippen LogP contribution in [-0.2, 0) is 14.6 Å². The normalized spacial score (nSPS) is 11.2. The van der Waals surface area contributed by atoms with Crippen LogP contribution in [0.5, 0.6) is 5.75 Å². The summed E-state index contributed by atoms with van der Waals surface area (Å²) in [7, 11) is -4.12. The van der Waals surface area contributed by atoms with Crippen molar-refractivity contribution in [3.8, 4) is 5.75 Å². The van der Waals surface area contributed by atoms with E-state index < -0.39 is 37.8 Å². The van der Waals surface area contributed by atoms with Gasteiger partial charge in [-0.2, -0.15) is 0 Å². The predicted octanol–water partition coefficient (Wildman–Crippen LogP) is 3.01. The third-order valence-electron chi connectivity index (χ3n) is 4.02. The van der Waals surface area contributed by atoms with Gasteiger partial charge in [0.15, 0.2) is 10.1 Å². The molecule has 0 bridgehead atoms. The molecule has 0 atom stereocenters. The highest BCUT2D eigenvalue weighted by molar-refractivity contribution is 7.99. The van der Waals surface area contributed by atoms with E-state index in [0.717, 1.165) is 30.1 Å². The third-order valence-corrected chi connectivity index (χ3v) is 6.67. The van der Waals surface area contributed by atoms with E-state index in [9.17, 15) is 26.8 Å². The van der Waals surface area contributed by atoms with Crippen LogP contribution < -0.4 is 15.6 Å². The van der Waals surface area contributed by atoms with E-state index in [1.165, 1.54) is 24.3 Å². The van der Waals surface area contributed by atoms with Crippen molar-refractivity contribution in [3.63, 3.8) is 0 Å². The van der Waals surface area contributed by atoms with Crippen LogP contribution in [0.25, 0.3) is 0 Å². The minimum atomic E-state index is -4.12. The molecule has 0 aliphatic carbocycles. The largest absolute Gasteiger partial charge is 0.494 e. The van der Waals surface area contributed by atoms with E-state index in [4.69, 9.17) is 4.74 Å². The molecule has 1 heterocycles. The number of carbonyl (C=O) groups is 1. The van der Waals surface area contributed by atoms with Gasteiger partial charge in [-0.15, -0.1) is 0 Å². The number of nitrogens with one attached hydrogen (secondary N) is 2. The number of aromatic amines is 1. The molecule has 2 aromatic carbocycles.